The third-order valence-electron chi connectivity index (χ3n) is 6.63. The lowest BCUT2D eigenvalue weighted by atomic mass is 9.65. The molecular weight excluding hydrogens is 384 g/mol. The smallest absolute Gasteiger partial charge is 0.223 e. The average Bonchev–Trinajstić information content (AvgIpc) is 3.11. The standard InChI is InChI=1S/C23H32N4O.ClH/c1-15(2)22-19(14-27(26-22)20-9-4-3-5-10-20)13-25-23(28)18-11-16-7-6-8-17(12-18)21(16)24;/h3-5,9-10,14-18,21H,6-8,11-13,24H2,1-2H3,(H,25,28);1H. The summed E-state index contributed by atoms with van der Waals surface area (Å²) >= 11 is 0. The fraction of sp³-hybridized carbons (Fsp3) is 0.565. The molecule has 4 rings (SSSR count). The topological polar surface area (TPSA) is 72.9 Å². The van der Waals surface area contributed by atoms with E-state index in [0.29, 0.717) is 30.3 Å². The number of halogens is 1. The summed E-state index contributed by atoms with van der Waals surface area (Å²) in [4.78, 5) is 12.9. The first-order valence-corrected chi connectivity index (χ1v) is 10.7. The summed E-state index contributed by atoms with van der Waals surface area (Å²) in [6.07, 6.45) is 7.59. The van der Waals surface area contributed by atoms with Crippen molar-refractivity contribution in [1.29, 1.82) is 0 Å². The van der Waals surface area contributed by atoms with E-state index in [1.54, 1.807) is 0 Å². The van der Waals surface area contributed by atoms with Crippen molar-refractivity contribution in [3.8, 4) is 5.69 Å². The number of aromatic nitrogens is 2. The second kappa shape index (κ2) is 9.31. The fourth-order valence-electron chi connectivity index (χ4n) is 5.09. The van der Waals surface area contributed by atoms with Crippen molar-refractivity contribution in [2.24, 2.45) is 23.5 Å². The van der Waals surface area contributed by atoms with Crippen LogP contribution >= 0.6 is 12.4 Å². The van der Waals surface area contributed by atoms with Gasteiger partial charge < -0.3 is 11.1 Å². The number of benzene rings is 1. The molecule has 2 aromatic rings. The number of carbonyl (C=O) groups is 1. The Kier molecular flexibility index (Phi) is 7.01. The lowest BCUT2D eigenvalue weighted by Gasteiger charge is -2.43. The highest BCUT2D eigenvalue weighted by Crippen LogP contribution is 2.41. The molecule has 1 heterocycles. The molecule has 29 heavy (non-hydrogen) atoms. The van der Waals surface area contributed by atoms with Crippen LogP contribution in [0.15, 0.2) is 36.5 Å². The van der Waals surface area contributed by atoms with E-state index < -0.39 is 0 Å². The molecule has 1 aromatic heterocycles. The summed E-state index contributed by atoms with van der Waals surface area (Å²) in [5.41, 5.74) is 9.56. The van der Waals surface area contributed by atoms with E-state index in [2.05, 4.69) is 25.4 Å². The molecule has 2 unspecified atom stereocenters. The Morgan fingerprint density at radius 3 is 2.48 bits per heavy atom. The number of nitrogens with zero attached hydrogens (tertiary/aromatic N) is 2. The lowest BCUT2D eigenvalue weighted by molar-refractivity contribution is -0.128. The molecule has 2 aliphatic rings. The van der Waals surface area contributed by atoms with Gasteiger partial charge in [0.05, 0.1) is 11.4 Å². The SMILES string of the molecule is CC(C)c1nn(-c2ccccc2)cc1CNC(=O)C1CC2CCCC(C1)C2N.Cl. The summed E-state index contributed by atoms with van der Waals surface area (Å²) < 4.78 is 1.92. The predicted octanol–water partition coefficient (Wildman–Crippen LogP) is 4.19. The summed E-state index contributed by atoms with van der Waals surface area (Å²) in [5, 5.41) is 7.98. The number of fused-ring (bicyclic) bond motifs is 2. The summed E-state index contributed by atoms with van der Waals surface area (Å²) in [7, 11) is 0. The van der Waals surface area contributed by atoms with Gasteiger partial charge in [0.25, 0.3) is 0 Å². The maximum absolute atomic E-state index is 12.9. The van der Waals surface area contributed by atoms with Gasteiger partial charge in [0.1, 0.15) is 0 Å². The minimum atomic E-state index is 0. The molecule has 3 N–H and O–H groups in total. The molecule has 1 amide bonds. The highest BCUT2D eigenvalue weighted by atomic mass is 35.5. The first-order chi connectivity index (χ1) is 13.5. The zero-order valence-electron chi connectivity index (χ0n) is 17.4. The van der Waals surface area contributed by atoms with Gasteiger partial charge in [-0.05, 0) is 55.6 Å². The molecule has 2 aliphatic carbocycles. The quantitative estimate of drug-likeness (QED) is 0.767. The Hall–Kier alpha value is -1.85. The summed E-state index contributed by atoms with van der Waals surface area (Å²) in [5.74, 6) is 1.65. The van der Waals surface area contributed by atoms with E-state index in [1.807, 2.05) is 35.0 Å². The van der Waals surface area contributed by atoms with Gasteiger partial charge in [-0.3, -0.25) is 4.79 Å². The van der Waals surface area contributed by atoms with E-state index in [9.17, 15) is 4.79 Å². The normalized spacial score (nSPS) is 26.1. The number of nitrogens with two attached hydrogens (primary N) is 1. The van der Waals surface area contributed by atoms with Gasteiger partial charge in [-0.1, -0.05) is 38.5 Å². The Morgan fingerprint density at radius 2 is 1.86 bits per heavy atom. The molecule has 2 atom stereocenters. The molecule has 0 spiro atoms. The first-order valence-electron chi connectivity index (χ1n) is 10.7. The largest absolute Gasteiger partial charge is 0.352 e. The molecule has 2 fully saturated rings. The molecule has 2 saturated carbocycles. The molecule has 0 aliphatic heterocycles. The third kappa shape index (κ3) is 4.67. The molecular formula is C23H33ClN4O. The van der Waals surface area contributed by atoms with Crippen LogP contribution in [0, 0.1) is 17.8 Å². The van der Waals surface area contributed by atoms with E-state index >= 15 is 0 Å². The van der Waals surface area contributed by atoms with Crippen LogP contribution in [0.3, 0.4) is 0 Å². The van der Waals surface area contributed by atoms with Crippen molar-refractivity contribution in [2.75, 3.05) is 0 Å². The molecule has 0 saturated heterocycles. The number of rotatable bonds is 5. The second-order valence-electron chi connectivity index (χ2n) is 8.89. The summed E-state index contributed by atoms with van der Waals surface area (Å²) in [6.45, 7) is 4.83. The number of hydrogen-bond acceptors (Lipinski definition) is 3. The van der Waals surface area contributed by atoms with Crippen LogP contribution in [0.4, 0.5) is 0 Å². The fourth-order valence-corrected chi connectivity index (χ4v) is 5.09. The van der Waals surface area contributed by atoms with Crippen LogP contribution in [0.1, 0.15) is 63.1 Å². The van der Waals surface area contributed by atoms with Crippen LogP contribution in [-0.2, 0) is 11.3 Å². The van der Waals surface area contributed by atoms with Gasteiger partial charge >= 0.3 is 0 Å². The Balaban J connectivity index is 0.00000240. The first kappa shape index (κ1) is 21.8. The van der Waals surface area contributed by atoms with E-state index in [4.69, 9.17) is 10.8 Å². The van der Waals surface area contributed by atoms with Crippen LogP contribution < -0.4 is 11.1 Å². The number of nitrogens with one attached hydrogen (secondary N) is 1. The van der Waals surface area contributed by atoms with E-state index in [0.717, 1.165) is 29.8 Å². The number of amides is 1. The highest BCUT2D eigenvalue weighted by Gasteiger charge is 2.40. The van der Waals surface area contributed by atoms with Crippen molar-refractivity contribution in [3.05, 3.63) is 47.8 Å². The predicted molar refractivity (Wildman–Crippen MR) is 118 cm³/mol. The molecule has 2 bridgehead atoms. The summed E-state index contributed by atoms with van der Waals surface area (Å²) in [6, 6.07) is 10.4. The molecule has 6 heteroatoms. The maximum Gasteiger partial charge on any atom is 0.223 e. The van der Waals surface area contributed by atoms with Crippen molar-refractivity contribution >= 4 is 18.3 Å². The van der Waals surface area contributed by atoms with Gasteiger partial charge in [-0.15, -0.1) is 12.4 Å². The second-order valence-corrected chi connectivity index (χ2v) is 8.89. The van der Waals surface area contributed by atoms with Gasteiger partial charge in [-0.25, -0.2) is 4.68 Å². The molecule has 0 radical (unpaired) electrons. The Labute approximate surface area is 179 Å². The monoisotopic (exact) mass is 416 g/mol. The van der Waals surface area contributed by atoms with Gasteiger partial charge in [0.2, 0.25) is 5.91 Å². The van der Waals surface area contributed by atoms with Gasteiger partial charge in [0, 0.05) is 30.3 Å². The van der Waals surface area contributed by atoms with Crippen LogP contribution in [0.25, 0.3) is 5.69 Å². The minimum absolute atomic E-state index is 0. The van der Waals surface area contributed by atoms with Crippen LogP contribution in [-0.4, -0.2) is 21.7 Å². The third-order valence-corrected chi connectivity index (χ3v) is 6.63. The van der Waals surface area contributed by atoms with Crippen LogP contribution in [0.5, 0.6) is 0 Å². The van der Waals surface area contributed by atoms with Crippen molar-refractivity contribution in [2.45, 2.75) is 64.5 Å². The molecule has 5 nitrogen and oxygen atoms in total. The zero-order valence-corrected chi connectivity index (χ0v) is 18.2. The van der Waals surface area contributed by atoms with Crippen molar-refractivity contribution in [3.63, 3.8) is 0 Å². The number of carbonyl (C=O) groups excluding carboxylic acids is 1. The van der Waals surface area contributed by atoms with E-state index in [1.165, 1.54) is 19.3 Å². The van der Waals surface area contributed by atoms with Crippen molar-refractivity contribution < 1.29 is 4.79 Å². The van der Waals surface area contributed by atoms with Gasteiger partial charge in [0.15, 0.2) is 0 Å². The Bertz CT molecular complexity index is 806. The van der Waals surface area contributed by atoms with Gasteiger partial charge in [-0.2, -0.15) is 5.10 Å². The van der Waals surface area contributed by atoms with E-state index in [-0.39, 0.29) is 24.2 Å². The maximum atomic E-state index is 12.9. The molecule has 158 valence electrons. The minimum Gasteiger partial charge on any atom is -0.352 e. The van der Waals surface area contributed by atoms with Crippen molar-refractivity contribution in [1.82, 2.24) is 15.1 Å². The lowest BCUT2D eigenvalue weighted by Crippen LogP contribution is -2.49. The average molecular weight is 417 g/mol. The zero-order chi connectivity index (χ0) is 19.7. The van der Waals surface area contributed by atoms with Crippen LogP contribution in [0.2, 0.25) is 0 Å². The number of para-hydroxylation sites is 1. The molecule has 1 aromatic carbocycles. The highest BCUT2D eigenvalue weighted by molar-refractivity contribution is 5.85. The Morgan fingerprint density at radius 1 is 1.21 bits per heavy atom. The number of hydrogen-bond donors (Lipinski definition) is 2.